The Labute approximate surface area is 86.9 Å². The number of rotatable bonds is 3. The van der Waals surface area contributed by atoms with E-state index in [1.54, 1.807) is 6.92 Å². The number of alkyl halides is 1. The maximum atomic E-state index is 13.9. The fourth-order valence-electron chi connectivity index (χ4n) is 1.16. The normalized spacial score (nSPS) is 14.4. The minimum Gasteiger partial charge on any atom is -0.463 e. The van der Waals surface area contributed by atoms with Crippen LogP contribution in [0.25, 0.3) is 0 Å². The second-order valence-electron chi connectivity index (χ2n) is 3.23. The number of halogens is 2. The Kier molecular flexibility index (Phi) is 3.39. The quantitative estimate of drug-likeness (QED) is 0.723. The summed E-state index contributed by atoms with van der Waals surface area (Å²) in [4.78, 5) is 11.3. The molecule has 4 heteroatoms. The van der Waals surface area contributed by atoms with E-state index < -0.39 is 17.5 Å². The van der Waals surface area contributed by atoms with E-state index in [4.69, 9.17) is 0 Å². The number of ether oxygens (including phenoxy) is 1. The third kappa shape index (κ3) is 2.52. The zero-order valence-electron chi connectivity index (χ0n) is 8.59. The van der Waals surface area contributed by atoms with Gasteiger partial charge in [-0.3, -0.25) is 0 Å². The maximum absolute atomic E-state index is 13.9. The summed E-state index contributed by atoms with van der Waals surface area (Å²) in [6.45, 7) is 2.73. The van der Waals surface area contributed by atoms with Gasteiger partial charge in [0.25, 0.3) is 0 Å². The number of hydrogen-bond acceptors (Lipinski definition) is 2. The van der Waals surface area contributed by atoms with Crippen LogP contribution in [-0.4, -0.2) is 12.6 Å². The smallest absolute Gasteiger partial charge is 0.348 e. The van der Waals surface area contributed by atoms with Crippen molar-refractivity contribution in [2.75, 3.05) is 6.61 Å². The van der Waals surface area contributed by atoms with Gasteiger partial charge in [-0.05, 0) is 26.0 Å². The molecule has 1 atom stereocenters. The summed E-state index contributed by atoms with van der Waals surface area (Å²) in [6, 6.07) is 4.86. The summed E-state index contributed by atoms with van der Waals surface area (Å²) in [6.07, 6.45) is 0. The van der Waals surface area contributed by atoms with Crippen molar-refractivity contribution in [3.05, 3.63) is 35.6 Å². The Bertz CT molecular complexity index is 361. The third-order valence-corrected chi connectivity index (χ3v) is 2.03. The van der Waals surface area contributed by atoms with Crippen LogP contribution >= 0.6 is 0 Å². The fourth-order valence-corrected chi connectivity index (χ4v) is 1.16. The highest BCUT2D eigenvalue weighted by Crippen LogP contribution is 2.27. The van der Waals surface area contributed by atoms with Gasteiger partial charge in [0, 0.05) is 5.56 Å². The van der Waals surface area contributed by atoms with Crippen LogP contribution in [0.2, 0.25) is 0 Å². The average Bonchev–Trinajstić information content (AvgIpc) is 2.18. The van der Waals surface area contributed by atoms with Gasteiger partial charge in [0.05, 0.1) is 6.61 Å². The maximum Gasteiger partial charge on any atom is 0.348 e. The van der Waals surface area contributed by atoms with E-state index in [0.29, 0.717) is 0 Å². The van der Waals surface area contributed by atoms with Gasteiger partial charge >= 0.3 is 5.97 Å². The number of hydrogen-bond donors (Lipinski definition) is 0. The molecule has 0 aliphatic carbocycles. The Morgan fingerprint density at radius 1 is 1.53 bits per heavy atom. The standard InChI is InChI=1S/C11H12F2O2/c1-3-15-10(14)11(2,13)8-5-4-6-9(12)7-8/h4-7H,3H2,1-2H3. The molecule has 0 aromatic heterocycles. The van der Waals surface area contributed by atoms with E-state index in [0.717, 1.165) is 13.0 Å². The molecule has 0 fully saturated rings. The van der Waals surface area contributed by atoms with Crippen molar-refractivity contribution < 1.29 is 18.3 Å². The van der Waals surface area contributed by atoms with Crippen LogP contribution in [0, 0.1) is 5.82 Å². The lowest BCUT2D eigenvalue weighted by Crippen LogP contribution is -2.29. The van der Waals surface area contributed by atoms with Gasteiger partial charge in [0.15, 0.2) is 0 Å². The Morgan fingerprint density at radius 2 is 2.20 bits per heavy atom. The molecule has 15 heavy (non-hydrogen) atoms. The van der Waals surface area contributed by atoms with Crippen LogP contribution in [0.4, 0.5) is 8.78 Å². The molecule has 0 heterocycles. The van der Waals surface area contributed by atoms with E-state index in [1.165, 1.54) is 18.2 Å². The molecular weight excluding hydrogens is 202 g/mol. The van der Waals surface area contributed by atoms with Gasteiger partial charge in [-0.2, -0.15) is 0 Å². The van der Waals surface area contributed by atoms with Gasteiger partial charge in [-0.25, -0.2) is 13.6 Å². The van der Waals surface area contributed by atoms with Crippen LogP contribution in [0.1, 0.15) is 19.4 Å². The van der Waals surface area contributed by atoms with Crippen molar-refractivity contribution in [1.29, 1.82) is 0 Å². The molecule has 0 aliphatic rings. The highest BCUT2D eigenvalue weighted by molar-refractivity contribution is 5.80. The lowest BCUT2D eigenvalue weighted by atomic mass is 9.98. The van der Waals surface area contributed by atoms with Crippen molar-refractivity contribution in [1.82, 2.24) is 0 Å². The van der Waals surface area contributed by atoms with E-state index in [-0.39, 0.29) is 12.2 Å². The lowest BCUT2D eigenvalue weighted by Gasteiger charge is -2.18. The van der Waals surface area contributed by atoms with Crippen LogP contribution in [-0.2, 0) is 15.2 Å². The first kappa shape index (κ1) is 11.6. The van der Waals surface area contributed by atoms with Gasteiger partial charge < -0.3 is 4.74 Å². The van der Waals surface area contributed by atoms with E-state index in [2.05, 4.69) is 4.74 Å². The van der Waals surface area contributed by atoms with E-state index in [1.807, 2.05) is 0 Å². The molecule has 0 bridgehead atoms. The summed E-state index contributed by atoms with van der Waals surface area (Å²) >= 11 is 0. The van der Waals surface area contributed by atoms with Gasteiger partial charge in [-0.15, -0.1) is 0 Å². The number of esters is 1. The first-order chi connectivity index (χ1) is 6.98. The Hall–Kier alpha value is -1.45. The average molecular weight is 214 g/mol. The molecule has 82 valence electrons. The minimum absolute atomic E-state index is 0.0408. The van der Waals surface area contributed by atoms with E-state index >= 15 is 0 Å². The molecule has 0 amide bonds. The molecule has 1 rings (SSSR count). The Morgan fingerprint density at radius 3 is 2.73 bits per heavy atom. The molecule has 0 N–H and O–H groups in total. The summed E-state index contributed by atoms with van der Waals surface area (Å²) < 4.78 is 31.3. The highest BCUT2D eigenvalue weighted by Gasteiger charge is 2.36. The summed E-state index contributed by atoms with van der Waals surface area (Å²) in [5.41, 5.74) is -2.35. The largest absolute Gasteiger partial charge is 0.463 e. The monoisotopic (exact) mass is 214 g/mol. The lowest BCUT2D eigenvalue weighted by molar-refractivity contribution is -0.156. The zero-order chi connectivity index (χ0) is 11.5. The highest BCUT2D eigenvalue weighted by atomic mass is 19.1. The number of carbonyl (C=O) groups excluding carboxylic acids is 1. The minimum atomic E-state index is -2.31. The predicted octanol–water partition coefficient (Wildman–Crippen LogP) is 2.57. The van der Waals surface area contributed by atoms with Crippen molar-refractivity contribution >= 4 is 5.97 Å². The van der Waals surface area contributed by atoms with Gasteiger partial charge in [0.1, 0.15) is 5.82 Å². The topological polar surface area (TPSA) is 26.3 Å². The van der Waals surface area contributed by atoms with Gasteiger partial charge in [-0.1, -0.05) is 12.1 Å². The third-order valence-electron chi connectivity index (χ3n) is 2.03. The summed E-state index contributed by atoms with van der Waals surface area (Å²) in [7, 11) is 0. The van der Waals surface area contributed by atoms with Crippen molar-refractivity contribution in [2.45, 2.75) is 19.5 Å². The molecule has 1 aromatic rings. The molecule has 0 saturated carbocycles. The molecule has 2 nitrogen and oxygen atoms in total. The molecule has 0 spiro atoms. The van der Waals surface area contributed by atoms with Crippen LogP contribution in [0.5, 0.6) is 0 Å². The first-order valence-corrected chi connectivity index (χ1v) is 4.60. The van der Waals surface area contributed by atoms with Crippen molar-refractivity contribution in [3.8, 4) is 0 Å². The second-order valence-corrected chi connectivity index (χ2v) is 3.23. The summed E-state index contributed by atoms with van der Waals surface area (Å²) in [5.74, 6) is -1.59. The van der Waals surface area contributed by atoms with Gasteiger partial charge in [0.2, 0.25) is 5.67 Å². The van der Waals surface area contributed by atoms with Crippen molar-refractivity contribution in [3.63, 3.8) is 0 Å². The zero-order valence-corrected chi connectivity index (χ0v) is 8.59. The van der Waals surface area contributed by atoms with E-state index in [9.17, 15) is 13.6 Å². The first-order valence-electron chi connectivity index (χ1n) is 4.60. The summed E-state index contributed by atoms with van der Waals surface area (Å²) in [5, 5.41) is 0. The van der Waals surface area contributed by atoms with Crippen LogP contribution in [0.15, 0.2) is 24.3 Å². The number of benzene rings is 1. The molecule has 0 radical (unpaired) electrons. The molecular formula is C11H12F2O2. The molecule has 1 unspecified atom stereocenters. The van der Waals surface area contributed by atoms with Crippen LogP contribution < -0.4 is 0 Å². The molecule has 0 aliphatic heterocycles. The SMILES string of the molecule is CCOC(=O)C(C)(F)c1cccc(F)c1. The van der Waals surface area contributed by atoms with Crippen molar-refractivity contribution in [2.24, 2.45) is 0 Å². The Balaban J connectivity index is 2.99. The fraction of sp³-hybridized carbons (Fsp3) is 0.364. The van der Waals surface area contributed by atoms with Crippen LogP contribution in [0.3, 0.4) is 0 Å². The second kappa shape index (κ2) is 4.38. The number of carbonyl (C=O) groups is 1. The molecule has 1 aromatic carbocycles. The predicted molar refractivity (Wildman–Crippen MR) is 51.5 cm³/mol. The molecule has 0 saturated heterocycles.